The molecule has 1 aromatic carbocycles. The number of hydrogen-bond donors (Lipinski definition) is 0. The molecule has 0 N–H and O–H groups in total. The summed E-state index contributed by atoms with van der Waals surface area (Å²) in [5.41, 5.74) is 3.71. The van der Waals surface area contributed by atoms with E-state index in [0.717, 1.165) is 29.4 Å². The Morgan fingerprint density at radius 2 is 2.08 bits per heavy atom. The standard InChI is InChI=1S/C22H30OS/c1-14(24)12-16-5-9-21-20-7-4-15-13-17(23-3)6-8-18(15)19(20)10-11-22(16,21)2/h6,8,13,16,19-21H,4-5,7,9-12H2,1-3H3/t16-,19+,20+,21-,22+/m0/s1. The van der Waals surface area contributed by atoms with E-state index >= 15 is 0 Å². The van der Waals surface area contributed by atoms with Crippen molar-refractivity contribution in [2.75, 3.05) is 7.11 Å². The van der Waals surface area contributed by atoms with Gasteiger partial charge in [0.05, 0.1) is 7.11 Å². The first-order chi connectivity index (χ1) is 11.5. The molecule has 24 heavy (non-hydrogen) atoms. The van der Waals surface area contributed by atoms with E-state index in [9.17, 15) is 0 Å². The van der Waals surface area contributed by atoms with Gasteiger partial charge in [-0.25, -0.2) is 0 Å². The van der Waals surface area contributed by atoms with Gasteiger partial charge in [-0.3, -0.25) is 0 Å². The third-order valence-electron chi connectivity index (χ3n) is 7.66. The number of hydrogen-bond acceptors (Lipinski definition) is 2. The van der Waals surface area contributed by atoms with E-state index < -0.39 is 0 Å². The first-order valence-electron chi connectivity index (χ1n) is 9.69. The summed E-state index contributed by atoms with van der Waals surface area (Å²) in [6.45, 7) is 4.73. The van der Waals surface area contributed by atoms with Crippen molar-refractivity contribution >= 4 is 17.1 Å². The van der Waals surface area contributed by atoms with Gasteiger partial charge in [0.2, 0.25) is 0 Å². The predicted molar refractivity (Wildman–Crippen MR) is 104 cm³/mol. The lowest BCUT2D eigenvalue weighted by atomic mass is 9.54. The normalized spacial score (nSPS) is 37.3. The van der Waals surface area contributed by atoms with Crippen LogP contribution in [0.4, 0.5) is 0 Å². The molecule has 0 amide bonds. The molecule has 1 nitrogen and oxygen atoms in total. The number of benzene rings is 1. The van der Waals surface area contributed by atoms with Crippen LogP contribution in [-0.4, -0.2) is 12.0 Å². The molecule has 4 rings (SSSR count). The summed E-state index contributed by atoms with van der Waals surface area (Å²) in [5.74, 6) is 4.43. The molecule has 0 radical (unpaired) electrons. The summed E-state index contributed by atoms with van der Waals surface area (Å²) in [7, 11) is 1.77. The van der Waals surface area contributed by atoms with E-state index in [0.29, 0.717) is 5.41 Å². The van der Waals surface area contributed by atoms with Crippen LogP contribution in [-0.2, 0) is 6.42 Å². The van der Waals surface area contributed by atoms with Gasteiger partial charge in [0.15, 0.2) is 0 Å². The molecule has 2 heteroatoms. The lowest BCUT2D eigenvalue weighted by Gasteiger charge is -2.51. The van der Waals surface area contributed by atoms with Crippen LogP contribution in [0.2, 0.25) is 0 Å². The quantitative estimate of drug-likeness (QED) is 0.628. The van der Waals surface area contributed by atoms with Crippen molar-refractivity contribution in [1.29, 1.82) is 0 Å². The molecular formula is C22H30OS. The number of aryl methyl sites for hydroxylation is 1. The second kappa shape index (κ2) is 6.12. The van der Waals surface area contributed by atoms with Crippen LogP contribution in [0.1, 0.15) is 69.4 Å². The molecule has 0 aromatic heterocycles. The molecule has 2 fully saturated rings. The number of thiocarbonyl (C=S) groups is 1. The first kappa shape index (κ1) is 16.6. The highest BCUT2D eigenvalue weighted by molar-refractivity contribution is 7.80. The summed E-state index contributed by atoms with van der Waals surface area (Å²) in [4.78, 5) is 1.21. The fraction of sp³-hybridized carbons (Fsp3) is 0.682. The highest BCUT2D eigenvalue weighted by Crippen LogP contribution is 2.63. The van der Waals surface area contributed by atoms with E-state index in [1.165, 1.54) is 49.8 Å². The number of ether oxygens (including phenoxy) is 1. The van der Waals surface area contributed by atoms with Gasteiger partial charge in [-0.2, -0.15) is 0 Å². The summed E-state index contributed by atoms with van der Waals surface area (Å²) in [6.07, 6.45) is 9.35. The molecule has 0 unspecified atom stereocenters. The van der Waals surface area contributed by atoms with Gasteiger partial charge in [-0.05, 0) is 109 Å². The monoisotopic (exact) mass is 342 g/mol. The fourth-order valence-electron chi connectivity index (χ4n) is 6.48. The van der Waals surface area contributed by atoms with Gasteiger partial charge in [-0.15, -0.1) is 0 Å². The Bertz CT molecular complexity index is 651. The number of rotatable bonds is 3. The summed E-state index contributed by atoms with van der Waals surface area (Å²) >= 11 is 5.45. The number of fused-ring (bicyclic) bond motifs is 5. The van der Waals surface area contributed by atoms with Crippen LogP contribution in [0.5, 0.6) is 5.75 Å². The first-order valence-corrected chi connectivity index (χ1v) is 10.1. The smallest absolute Gasteiger partial charge is 0.119 e. The molecule has 0 bridgehead atoms. The topological polar surface area (TPSA) is 9.23 Å². The Kier molecular flexibility index (Phi) is 4.23. The van der Waals surface area contributed by atoms with Gasteiger partial charge in [0, 0.05) is 0 Å². The van der Waals surface area contributed by atoms with Gasteiger partial charge >= 0.3 is 0 Å². The highest BCUT2D eigenvalue weighted by Gasteiger charge is 2.54. The van der Waals surface area contributed by atoms with E-state index in [2.05, 4.69) is 32.0 Å². The van der Waals surface area contributed by atoms with Crippen LogP contribution in [0.3, 0.4) is 0 Å². The Labute approximate surface area is 152 Å². The zero-order chi connectivity index (χ0) is 16.9. The minimum Gasteiger partial charge on any atom is -0.497 e. The van der Waals surface area contributed by atoms with Crippen LogP contribution in [0.15, 0.2) is 18.2 Å². The predicted octanol–water partition coefficient (Wildman–Crippen LogP) is 5.95. The minimum absolute atomic E-state index is 0.533. The van der Waals surface area contributed by atoms with Crippen molar-refractivity contribution < 1.29 is 4.74 Å². The summed E-state index contributed by atoms with van der Waals surface area (Å²) in [5, 5.41) is 0. The summed E-state index contributed by atoms with van der Waals surface area (Å²) < 4.78 is 5.44. The molecule has 3 aliphatic rings. The molecular weight excluding hydrogens is 312 g/mol. The Morgan fingerprint density at radius 3 is 2.83 bits per heavy atom. The zero-order valence-corrected chi connectivity index (χ0v) is 16.1. The molecule has 3 aliphatic carbocycles. The maximum absolute atomic E-state index is 5.45. The van der Waals surface area contributed by atoms with Crippen LogP contribution in [0.25, 0.3) is 0 Å². The lowest BCUT2D eigenvalue weighted by molar-refractivity contribution is 0.0305. The maximum atomic E-state index is 5.45. The van der Waals surface area contributed by atoms with E-state index in [1.807, 2.05) is 0 Å². The second-order valence-corrected chi connectivity index (χ2v) is 9.40. The molecule has 0 saturated heterocycles. The maximum Gasteiger partial charge on any atom is 0.119 e. The zero-order valence-electron chi connectivity index (χ0n) is 15.3. The van der Waals surface area contributed by atoms with Gasteiger partial charge in [0.25, 0.3) is 0 Å². The minimum atomic E-state index is 0.533. The van der Waals surface area contributed by atoms with Crippen molar-refractivity contribution in [3.05, 3.63) is 29.3 Å². The van der Waals surface area contributed by atoms with Crippen molar-refractivity contribution in [3.63, 3.8) is 0 Å². The molecule has 0 spiro atoms. The Balaban J connectivity index is 1.62. The third-order valence-corrected chi connectivity index (χ3v) is 7.83. The third kappa shape index (κ3) is 2.53. The Hall–Kier alpha value is -0.890. The van der Waals surface area contributed by atoms with Crippen molar-refractivity contribution in [2.45, 2.75) is 64.7 Å². The van der Waals surface area contributed by atoms with Crippen LogP contribution in [0, 0.1) is 23.2 Å². The molecule has 1 aromatic rings. The largest absolute Gasteiger partial charge is 0.497 e. The molecule has 0 heterocycles. The average Bonchev–Trinajstić information content (AvgIpc) is 2.90. The molecule has 0 aliphatic heterocycles. The average molecular weight is 343 g/mol. The van der Waals surface area contributed by atoms with E-state index in [4.69, 9.17) is 17.0 Å². The van der Waals surface area contributed by atoms with E-state index in [-0.39, 0.29) is 0 Å². The van der Waals surface area contributed by atoms with Gasteiger partial charge in [0.1, 0.15) is 5.75 Å². The van der Waals surface area contributed by atoms with Crippen molar-refractivity contribution in [3.8, 4) is 5.75 Å². The van der Waals surface area contributed by atoms with Crippen molar-refractivity contribution in [1.82, 2.24) is 0 Å². The van der Waals surface area contributed by atoms with E-state index in [1.54, 1.807) is 18.2 Å². The fourth-order valence-corrected chi connectivity index (χ4v) is 6.68. The van der Waals surface area contributed by atoms with Gasteiger partial charge < -0.3 is 4.74 Å². The molecule has 5 atom stereocenters. The number of methoxy groups -OCH3 is 1. The van der Waals surface area contributed by atoms with Gasteiger partial charge in [-0.1, -0.05) is 25.2 Å². The van der Waals surface area contributed by atoms with Crippen LogP contribution < -0.4 is 4.74 Å². The van der Waals surface area contributed by atoms with Crippen LogP contribution >= 0.6 is 12.2 Å². The molecule has 2 saturated carbocycles. The van der Waals surface area contributed by atoms with Crippen molar-refractivity contribution in [2.24, 2.45) is 23.2 Å². The SMILES string of the molecule is COc1ccc2c(c1)CC[C@@H]1[C@@H]2CC[C@]2(C)[C@H](CC(C)=S)CC[C@@H]12. The Morgan fingerprint density at radius 1 is 1.25 bits per heavy atom. The lowest BCUT2D eigenvalue weighted by Crippen LogP contribution is -2.42. The molecule has 130 valence electrons. The summed E-state index contributed by atoms with van der Waals surface area (Å²) in [6, 6.07) is 6.82. The highest BCUT2D eigenvalue weighted by atomic mass is 32.1. The second-order valence-electron chi connectivity index (χ2n) is 8.71.